The number of nitrogens with zero attached hydrogens (tertiary/aromatic N) is 4. The number of hydrogen-bond donors (Lipinski definition) is 1. The third kappa shape index (κ3) is 4.06. The fraction of sp³-hybridized carbons (Fsp3) is 0.321. The molecule has 2 fully saturated rings. The van der Waals surface area contributed by atoms with E-state index < -0.39 is 0 Å². The maximum atomic E-state index is 13.0. The Hall–Kier alpha value is -3.38. The molecule has 1 saturated heterocycles. The summed E-state index contributed by atoms with van der Waals surface area (Å²) in [4.78, 5) is 24.6. The molecular weight excluding hydrogens is 458 g/mol. The molecule has 4 aromatic rings. The number of carbonyl (C=O) groups is 1. The highest BCUT2D eigenvalue weighted by Crippen LogP contribution is 2.56. The SMILES string of the molecule is CCc1nc2ccc(Cl)cn2c1C(=O)NCc1ccc(N2CC3(CC(c4ccccn4)C3)C2)cc1. The summed E-state index contributed by atoms with van der Waals surface area (Å²) in [5.74, 6) is 0.472. The van der Waals surface area contributed by atoms with Crippen molar-refractivity contribution in [2.45, 2.75) is 38.6 Å². The summed E-state index contributed by atoms with van der Waals surface area (Å²) in [5, 5.41) is 3.63. The molecule has 6 nitrogen and oxygen atoms in total. The molecule has 1 aliphatic carbocycles. The van der Waals surface area contributed by atoms with Crippen LogP contribution in [-0.2, 0) is 13.0 Å². The lowest BCUT2D eigenvalue weighted by Crippen LogP contribution is -2.62. The van der Waals surface area contributed by atoms with Gasteiger partial charge in [-0.2, -0.15) is 0 Å². The third-order valence-electron chi connectivity index (χ3n) is 7.48. The highest BCUT2D eigenvalue weighted by atomic mass is 35.5. The van der Waals surface area contributed by atoms with Gasteiger partial charge >= 0.3 is 0 Å². The van der Waals surface area contributed by atoms with E-state index in [0.717, 1.165) is 30.0 Å². The second-order valence-electron chi connectivity index (χ2n) is 9.90. The maximum absolute atomic E-state index is 13.0. The monoisotopic (exact) mass is 485 g/mol. The fourth-order valence-corrected chi connectivity index (χ4v) is 5.82. The highest BCUT2D eigenvalue weighted by Gasteiger charge is 2.52. The van der Waals surface area contributed by atoms with Gasteiger partial charge in [0.2, 0.25) is 0 Å². The van der Waals surface area contributed by atoms with Gasteiger partial charge in [-0.15, -0.1) is 0 Å². The van der Waals surface area contributed by atoms with Crippen LogP contribution in [0.2, 0.25) is 5.02 Å². The molecule has 1 saturated carbocycles. The van der Waals surface area contributed by atoms with E-state index in [-0.39, 0.29) is 5.91 Å². The number of aryl methyl sites for hydroxylation is 1. The predicted octanol–water partition coefficient (Wildman–Crippen LogP) is 5.26. The molecule has 6 rings (SSSR count). The topological polar surface area (TPSA) is 62.5 Å². The Balaban J connectivity index is 1.05. The number of fused-ring (bicyclic) bond motifs is 1. The lowest BCUT2D eigenvalue weighted by Gasteiger charge is -2.60. The maximum Gasteiger partial charge on any atom is 0.270 e. The second kappa shape index (κ2) is 8.68. The first-order valence-corrected chi connectivity index (χ1v) is 12.6. The van der Waals surface area contributed by atoms with E-state index in [1.54, 1.807) is 16.7 Å². The van der Waals surface area contributed by atoms with Gasteiger partial charge in [-0.1, -0.05) is 36.7 Å². The quantitative estimate of drug-likeness (QED) is 0.404. The molecule has 0 unspecified atom stereocenters. The van der Waals surface area contributed by atoms with Crippen LogP contribution in [0, 0.1) is 5.41 Å². The minimum Gasteiger partial charge on any atom is -0.370 e. The summed E-state index contributed by atoms with van der Waals surface area (Å²) in [7, 11) is 0. The van der Waals surface area contributed by atoms with Gasteiger partial charge in [0.1, 0.15) is 11.3 Å². The molecule has 7 heteroatoms. The van der Waals surface area contributed by atoms with Gasteiger partial charge < -0.3 is 10.2 Å². The fourth-order valence-electron chi connectivity index (χ4n) is 5.66. The number of anilines is 1. The number of carbonyl (C=O) groups excluding carboxylic acids is 1. The van der Waals surface area contributed by atoms with Gasteiger partial charge in [0.25, 0.3) is 5.91 Å². The number of imidazole rings is 1. The van der Waals surface area contributed by atoms with Crippen LogP contribution in [0.4, 0.5) is 5.69 Å². The summed E-state index contributed by atoms with van der Waals surface area (Å²) in [6.45, 7) is 4.69. The van der Waals surface area contributed by atoms with E-state index in [4.69, 9.17) is 11.6 Å². The van der Waals surface area contributed by atoms with E-state index in [1.807, 2.05) is 25.3 Å². The van der Waals surface area contributed by atoms with Gasteiger partial charge in [-0.25, -0.2) is 4.98 Å². The van der Waals surface area contributed by atoms with E-state index in [0.29, 0.717) is 35.0 Å². The summed E-state index contributed by atoms with van der Waals surface area (Å²) < 4.78 is 1.78. The van der Waals surface area contributed by atoms with Gasteiger partial charge in [-0.05, 0) is 61.2 Å². The second-order valence-corrected chi connectivity index (χ2v) is 10.3. The van der Waals surface area contributed by atoms with Gasteiger partial charge in [0, 0.05) is 54.7 Å². The number of aromatic nitrogens is 3. The van der Waals surface area contributed by atoms with Crippen molar-refractivity contribution < 1.29 is 4.79 Å². The van der Waals surface area contributed by atoms with Crippen molar-refractivity contribution in [1.29, 1.82) is 0 Å². The largest absolute Gasteiger partial charge is 0.370 e. The van der Waals surface area contributed by atoms with Crippen molar-refractivity contribution in [3.8, 4) is 0 Å². The van der Waals surface area contributed by atoms with Crippen LogP contribution < -0.4 is 10.2 Å². The zero-order chi connectivity index (χ0) is 24.0. The number of amides is 1. The number of hydrogen-bond acceptors (Lipinski definition) is 4. The number of halogens is 1. The van der Waals surface area contributed by atoms with Crippen LogP contribution in [0.25, 0.3) is 5.65 Å². The lowest BCUT2D eigenvalue weighted by atomic mass is 9.57. The van der Waals surface area contributed by atoms with Crippen molar-refractivity contribution in [2.24, 2.45) is 5.41 Å². The van der Waals surface area contributed by atoms with E-state index in [1.165, 1.54) is 24.2 Å². The van der Waals surface area contributed by atoms with Crippen molar-refractivity contribution >= 4 is 28.8 Å². The normalized spacial score (nSPS) is 16.8. The Morgan fingerprint density at radius 2 is 1.91 bits per heavy atom. The minimum atomic E-state index is -0.141. The molecule has 178 valence electrons. The Kier molecular flexibility index (Phi) is 5.49. The van der Waals surface area contributed by atoms with Crippen LogP contribution in [0.5, 0.6) is 0 Å². The Morgan fingerprint density at radius 3 is 2.63 bits per heavy atom. The zero-order valence-electron chi connectivity index (χ0n) is 19.7. The van der Waals surface area contributed by atoms with E-state index in [9.17, 15) is 4.79 Å². The van der Waals surface area contributed by atoms with E-state index in [2.05, 4.69) is 56.6 Å². The molecule has 35 heavy (non-hydrogen) atoms. The molecule has 2 aliphatic rings. The number of benzene rings is 1. The summed E-state index contributed by atoms with van der Waals surface area (Å²) >= 11 is 6.16. The Morgan fingerprint density at radius 1 is 1.11 bits per heavy atom. The van der Waals surface area contributed by atoms with Crippen LogP contribution in [0.3, 0.4) is 0 Å². The molecule has 1 amide bonds. The molecule has 1 N–H and O–H groups in total. The average molecular weight is 486 g/mol. The average Bonchev–Trinajstić information content (AvgIpc) is 3.20. The smallest absolute Gasteiger partial charge is 0.270 e. The van der Waals surface area contributed by atoms with Gasteiger partial charge in [0.15, 0.2) is 0 Å². The van der Waals surface area contributed by atoms with Crippen molar-refractivity contribution in [2.75, 3.05) is 18.0 Å². The summed E-state index contributed by atoms with van der Waals surface area (Å²) in [5.41, 5.74) is 6.07. The van der Waals surface area contributed by atoms with Crippen LogP contribution >= 0.6 is 11.6 Å². The molecule has 4 heterocycles. The van der Waals surface area contributed by atoms with Crippen molar-refractivity contribution in [1.82, 2.24) is 19.7 Å². The molecule has 0 atom stereocenters. The highest BCUT2D eigenvalue weighted by molar-refractivity contribution is 6.30. The van der Waals surface area contributed by atoms with Crippen molar-refractivity contribution in [3.05, 3.63) is 94.7 Å². The van der Waals surface area contributed by atoms with Crippen molar-refractivity contribution in [3.63, 3.8) is 0 Å². The Bertz CT molecular complexity index is 1370. The molecule has 1 spiro atoms. The molecule has 3 aromatic heterocycles. The third-order valence-corrected chi connectivity index (χ3v) is 7.70. The summed E-state index contributed by atoms with van der Waals surface area (Å²) in [6, 6.07) is 18.4. The van der Waals surface area contributed by atoms with Gasteiger partial charge in [0.05, 0.1) is 10.7 Å². The van der Waals surface area contributed by atoms with Crippen LogP contribution in [0.15, 0.2) is 67.0 Å². The van der Waals surface area contributed by atoms with Crippen LogP contribution in [0.1, 0.15) is 53.1 Å². The molecule has 1 aliphatic heterocycles. The molecular formula is C28H28ClN5O. The molecule has 0 radical (unpaired) electrons. The van der Waals surface area contributed by atoms with Gasteiger partial charge in [-0.3, -0.25) is 14.2 Å². The lowest BCUT2D eigenvalue weighted by molar-refractivity contribution is 0.0616. The molecule has 0 bridgehead atoms. The zero-order valence-corrected chi connectivity index (χ0v) is 20.5. The minimum absolute atomic E-state index is 0.141. The first-order valence-electron chi connectivity index (χ1n) is 12.2. The van der Waals surface area contributed by atoms with E-state index >= 15 is 0 Å². The number of rotatable bonds is 6. The van der Waals surface area contributed by atoms with Crippen LogP contribution in [-0.4, -0.2) is 33.4 Å². The predicted molar refractivity (Wildman–Crippen MR) is 138 cm³/mol. The standard InChI is InChI=1S/C28H28ClN5O/c1-2-23-26(34-16-21(29)8-11-25(34)32-23)27(35)31-15-19-6-9-22(10-7-19)33-17-28(18-33)13-20(14-28)24-5-3-4-12-30-24/h3-12,16,20H,2,13-15,17-18H2,1H3,(H,31,35). The number of pyridine rings is 2. The Labute approximate surface area is 210 Å². The number of nitrogens with one attached hydrogen (secondary N) is 1. The first kappa shape index (κ1) is 22.1. The summed E-state index contributed by atoms with van der Waals surface area (Å²) in [6.07, 6.45) is 6.79. The first-order chi connectivity index (χ1) is 17.0. The molecule has 1 aromatic carbocycles.